The monoisotopic (exact) mass is 190 g/mol. The molecule has 14 heavy (non-hydrogen) atoms. The standard InChI is InChI=1S/C10H14N4/c1-6-3-8-9(4-7(6)2)14-10(13-8)5-12-11/h3-4,12H,5,11H2,1-2H3,(H,13,14). The van der Waals surface area contributed by atoms with E-state index in [4.69, 9.17) is 5.84 Å². The van der Waals surface area contributed by atoms with E-state index in [-0.39, 0.29) is 0 Å². The number of aromatic amines is 1. The highest BCUT2D eigenvalue weighted by atomic mass is 15.2. The molecule has 0 aliphatic carbocycles. The van der Waals surface area contributed by atoms with Crippen LogP contribution in [-0.4, -0.2) is 9.97 Å². The van der Waals surface area contributed by atoms with Crippen molar-refractivity contribution in [3.05, 3.63) is 29.1 Å². The number of aromatic nitrogens is 2. The third-order valence-electron chi connectivity index (χ3n) is 2.42. The summed E-state index contributed by atoms with van der Waals surface area (Å²) in [6.07, 6.45) is 0. The van der Waals surface area contributed by atoms with Gasteiger partial charge in [-0.15, -0.1) is 0 Å². The Hall–Kier alpha value is -1.39. The van der Waals surface area contributed by atoms with E-state index in [1.807, 2.05) is 0 Å². The van der Waals surface area contributed by atoms with Crippen LogP contribution in [0.2, 0.25) is 0 Å². The molecule has 1 aromatic carbocycles. The minimum absolute atomic E-state index is 0.562. The van der Waals surface area contributed by atoms with Crippen LogP contribution in [0.15, 0.2) is 12.1 Å². The fraction of sp³-hybridized carbons (Fsp3) is 0.300. The summed E-state index contributed by atoms with van der Waals surface area (Å²) in [6, 6.07) is 4.19. The molecule has 0 aliphatic heterocycles. The van der Waals surface area contributed by atoms with Gasteiger partial charge in [0.15, 0.2) is 0 Å². The molecule has 0 fully saturated rings. The number of nitrogens with zero attached hydrogens (tertiary/aromatic N) is 1. The summed E-state index contributed by atoms with van der Waals surface area (Å²) in [6.45, 7) is 4.74. The van der Waals surface area contributed by atoms with Crippen LogP contribution in [0.1, 0.15) is 17.0 Å². The van der Waals surface area contributed by atoms with Gasteiger partial charge in [0.2, 0.25) is 0 Å². The molecule has 0 atom stereocenters. The summed E-state index contributed by atoms with van der Waals surface area (Å²) in [4.78, 5) is 7.62. The Kier molecular flexibility index (Phi) is 2.23. The van der Waals surface area contributed by atoms with Gasteiger partial charge in [0.05, 0.1) is 17.6 Å². The fourth-order valence-electron chi connectivity index (χ4n) is 1.50. The molecular formula is C10H14N4. The number of fused-ring (bicyclic) bond motifs is 1. The molecule has 0 radical (unpaired) electrons. The number of hydrogen-bond acceptors (Lipinski definition) is 3. The van der Waals surface area contributed by atoms with Crippen LogP contribution in [-0.2, 0) is 6.54 Å². The molecule has 0 aliphatic rings. The number of benzene rings is 1. The van der Waals surface area contributed by atoms with Crippen molar-refractivity contribution >= 4 is 11.0 Å². The molecule has 2 aromatic rings. The number of rotatable bonds is 2. The molecule has 74 valence electrons. The van der Waals surface area contributed by atoms with E-state index in [9.17, 15) is 0 Å². The van der Waals surface area contributed by atoms with Crippen LogP contribution >= 0.6 is 0 Å². The van der Waals surface area contributed by atoms with Crippen molar-refractivity contribution < 1.29 is 0 Å². The van der Waals surface area contributed by atoms with Crippen LogP contribution in [0.3, 0.4) is 0 Å². The maximum absolute atomic E-state index is 5.23. The van der Waals surface area contributed by atoms with Crippen molar-refractivity contribution in [3.63, 3.8) is 0 Å². The first-order valence-electron chi connectivity index (χ1n) is 4.60. The van der Waals surface area contributed by atoms with E-state index >= 15 is 0 Å². The van der Waals surface area contributed by atoms with E-state index in [0.717, 1.165) is 16.9 Å². The highest BCUT2D eigenvalue weighted by Gasteiger charge is 2.03. The van der Waals surface area contributed by atoms with Crippen molar-refractivity contribution in [1.82, 2.24) is 15.4 Å². The Labute approximate surface area is 82.5 Å². The second-order valence-electron chi connectivity index (χ2n) is 3.52. The molecule has 1 aromatic heterocycles. The van der Waals surface area contributed by atoms with E-state index in [2.05, 4.69) is 41.4 Å². The number of imidazole rings is 1. The molecule has 2 rings (SSSR count). The van der Waals surface area contributed by atoms with Gasteiger partial charge in [0.1, 0.15) is 5.82 Å². The summed E-state index contributed by atoms with van der Waals surface area (Å²) in [7, 11) is 0. The lowest BCUT2D eigenvalue weighted by Crippen LogP contribution is -2.21. The highest BCUT2D eigenvalue weighted by Crippen LogP contribution is 2.16. The Morgan fingerprint density at radius 3 is 2.79 bits per heavy atom. The molecule has 0 saturated carbocycles. The lowest BCUT2D eigenvalue weighted by molar-refractivity contribution is 0.711. The van der Waals surface area contributed by atoms with Crippen molar-refractivity contribution in [1.29, 1.82) is 0 Å². The third kappa shape index (κ3) is 1.49. The molecule has 4 N–H and O–H groups in total. The molecule has 4 heteroatoms. The van der Waals surface area contributed by atoms with Crippen molar-refractivity contribution in [2.75, 3.05) is 0 Å². The summed E-state index contributed by atoms with van der Waals surface area (Å²) in [5, 5.41) is 0. The first-order valence-corrected chi connectivity index (χ1v) is 4.60. The Morgan fingerprint density at radius 2 is 2.07 bits per heavy atom. The molecule has 0 bridgehead atoms. The fourth-order valence-corrected chi connectivity index (χ4v) is 1.50. The lowest BCUT2D eigenvalue weighted by Gasteiger charge is -1.97. The Balaban J connectivity index is 2.54. The van der Waals surface area contributed by atoms with Gasteiger partial charge in [0.25, 0.3) is 0 Å². The number of aryl methyl sites for hydroxylation is 2. The minimum Gasteiger partial charge on any atom is -0.341 e. The summed E-state index contributed by atoms with van der Waals surface area (Å²) in [5.41, 5.74) is 7.18. The SMILES string of the molecule is Cc1cc2nc(CNN)[nH]c2cc1C. The van der Waals surface area contributed by atoms with E-state index in [1.54, 1.807) is 0 Å². The zero-order valence-electron chi connectivity index (χ0n) is 8.39. The van der Waals surface area contributed by atoms with Gasteiger partial charge in [-0.2, -0.15) is 0 Å². The number of nitrogens with one attached hydrogen (secondary N) is 2. The topological polar surface area (TPSA) is 66.7 Å². The molecule has 1 heterocycles. The van der Waals surface area contributed by atoms with Crippen molar-refractivity contribution in [3.8, 4) is 0 Å². The predicted octanol–water partition coefficient (Wildman–Crippen LogP) is 1.14. The van der Waals surface area contributed by atoms with Crippen LogP contribution in [0.25, 0.3) is 11.0 Å². The summed E-state index contributed by atoms with van der Waals surface area (Å²) >= 11 is 0. The normalized spacial score (nSPS) is 11.1. The zero-order chi connectivity index (χ0) is 10.1. The van der Waals surface area contributed by atoms with Gasteiger partial charge in [-0.3, -0.25) is 11.3 Å². The molecule has 0 spiro atoms. The van der Waals surface area contributed by atoms with Crippen molar-refractivity contribution in [2.24, 2.45) is 5.84 Å². The van der Waals surface area contributed by atoms with Crippen LogP contribution < -0.4 is 11.3 Å². The quantitative estimate of drug-likeness (QED) is 0.491. The molecule has 0 unspecified atom stereocenters. The van der Waals surface area contributed by atoms with Gasteiger partial charge in [-0.05, 0) is 37.1 Å². The minimum atomic E-state index is 0.562. The predicted molar refractivity (Wildman–Crippen MR) is 56.6 cm³/mol. The molecule has 0 amide bonds. The van der Waals surface area contributed by atoms with Crippen molar-refractivity contribution in [2.45, 2.75) is 20.4 Å². The molecular weight excluding hydrogens is 176 g/mol. The molecule has 0 saturated heterocycles. The number of nitrogens with two attached hydrogens (primary N) is 1. The number of hydrazine groups is 1. The lowest BCUT2D eigenvalue weighted by atomic mass is 10.1. The summed E-state index contributed by atoms with van der Waals surface area (Å²) in [5.74, 6) is 6.10. The van der Waals surface area contributed by atoms with E-state index < -0.39 is 0 Å². The Morgan fingerprint density at radius 1 is 1.36 bits per heavy atom. The first kappa shape index (κ1) is 9.18. The largest absolute Gasteiger partial charge is 0.341 e. The van der Waals surface area contributed by atoms with Gasteiger partial charge in [-0.1, -0.05) is 0 Å². The number of hydrogen-bond donors (Lipinski definition) is 3. The van der Waals surface area contributed by atoms with Crippen LogP contribution in [0.4, 0.5) is 0 Å². The van der Waals surface area contributed by atoms with Crippen LogP contribution in [0.5, 0.6) is 0 Å². The van der Waals surface area contributed by atoms with E-state index in [1.165, 1.54) is 11.1 Å². The smallest absolute Gasteiger partial charge is 0.122 e. The van der Waals surface area contributed by atoms with Gasteiger partial charge in [-0.25, -0.2) is 4.98 Å². The maximum Gasteiger partial charge on any atom is 0.122 e. The first-order chi connectivity index (χ1) is 6.70. The van der Waals surface area contributed by atoms with E-state index in [0.29, 0.717) is 6.54 Å². The number of H-pyrrole nitrogens is 1. The third-order valence-corrected chi connectivity index (χ3v) is 2.42. The maximum atomic E-state index is 5.23. The average Bonchev–Trinajstić information content (AvgIpc) is 2.48. The average molecular weight is 190 g/mol. The highest BCUT2D eigenvalue weighted by molar-refractivity contribution is 5.77. The second kappa shape index (κ2) is 3.40. The second-order valence-corrected chi connectivity index (χ2v) is 3.52. The summed E-state index contributed by atoms with van der Waals surface area (Å²) < 4.78 is 0. The molecule has 4 nitrogen and oxygen atoms in total. The Bertz CT molecular complexity index is 419. The zero-order valence-corrected chi connectivity index (χ0v) is 8.39. The van der Waals surface area contributed by atoms with Gasteiger partial charge >= 0.3 is 0 Å². The van der Waals surface area contributed by atoms with Crippen LogP contribution in [0, 0.1) is 13.8 Å². The van der Waals surface area contributed by atoms with Gasteiger partial charge < -0.3 is 4.98 Å². The van der Waals surface area contributed by atoms with Gasteiger partial charge in [0, 0.05) is 0 Å².